The average Bonchev–Trinajstić information content (AvgIpc) is 3.05. The van der Waals surface area contributed by atoms with E-state index in [-0.39, 0.29) is 6.04 Å². The van der Waals surface area contributed by atoms with E-state index in [0.29, 0.717) is 4.90 Å². The molecular weight excluding hydrogens is 348 g/mol. The molecular formula is C19H24N4O2S. The van der Waals surface area contributed by atoms with E-state index in [4.69, 9.17) is 0 Å². The van der Waals surface area contributed by atoms with Crippen molar-refractivity contribution in [3.8, 4) is 0 Å². The normalized spacial score (nSPS) is 13.4. The van der Waals surface area contributed by atoms with Crippen molar-refractivity contribution in [2.75, 3.05) is 20.6 Å². The van der Waals surface area contributed by atoms with Crippen LogP contribution in [-0.2, 0) is 16.6 Å². The van der Waals surface area contributed by atoms with Gasteiger partial charge in [0.2, 0.25) is 10.0 Å². The van der Waals surface area contributed by atoms with Gasteiger partial charge >= 0.3 is 0 Å². The van der Waals surface area contributed by atoms with Gasteiger partial charge in [-0.05, 0) is 36.8 Å². The lowest BCUT2D eigenvalue weighted by atomic mass is 10.1. The molecule has 0 aliphatic rings. The molecule has 0 amide bonds. The number of benzene rings is 2. The maximum atomic E-state index is 12.1. The summed E-state index contributed by atoms with van der Waals surface area (Å²) in [4.78, 5) is 4.70. The van der Waals surface area contributed by atoms with Crippen LogP contribution in [0.4, 0.5) is 0 Å². The number of hydrogen-bond donors (Lipinski definition) is 1. The zero-order valence-corrected chi connectivity index (χ0v) is 16.1. The first-order valence-corrected chi connectivity index (χ1v) is 9.99. The molecule has 0 radical (unpaired) electrons. The smallest absolute Gasteiger partial charge is 0.242 e. The highest BCUT2D eigenvalue weighted by atomic mass is 32.2. The van der Waals surface area contributed by atoms with E-state index in [1.165, 1.54) is 18.4 Å². The molecule has 7 heteroatoms. The first-order chi connectivity index (χ1) is 12.4. The summed E-state index contributed by atoms with van der Waals surface area (Å²) in [6.07, 6.45) is 1.86. The summed E-state index contributed by atoms with van der Waals surface area (Å²) in [7, 11) is -0.314. The molecule has 0 spiro atoms. The molecule has 0 aliphatic carbocycles. The zero-order valence-electron chi connectivity index (χ0n) is 15.3. The van der Waals surface area contributed by atoms with Gasteiger partial charge in [0, 0.05) is 33.2 Å². The molecule has 1 heterocycles. The standard InChI is InChI=1S/C19H24N4O2S/c1-15(16-8-10-17(11-9-16)26(24,25)22(2)3)20-12-13-23-14-21-18-6-4-5-7-19(18)23/h4-11,14-15,20H,12-13H2,1-3H3/t15-/m1/s1. The molecule has 0 saturated heterocycles. The van der Waals surface area contributed by atoms with Gasteiger partial charge in [0.25, 0.3) is 0 Å². The molecule has 3 aromatic rings. The molecule has 0 aliphatic heterocycles. The minimum atomic E-state index is -3.38. The van der Waals surface area contributed by atoms with Crippen molar-refractivity contribution in [2.45, 2.75) is 24.4 Å². The van der Waals surface area contributed by atoms with Crippen LogP contribution in [0.1, 0.15) is 18.5 Å². The molecule has 6 nitrogen and oxygen atoms in total. The number of hydrogen-bond acceptors (Lipinski definition) is 4. The number of para-hydroxylation sites is 2. The Morgan fingerprint density at radius 2 is 1.81 bits per heavy atom. The second kappa shape index (κ2) is 7.57. The number of fused-ring (bicyclic) bond motifs is 1. The summed E-state index contributed by atoms with van der Waals surface area (Å²) < 4.78 is 27.6. The van der Waals surface area contributed by atoms with Crippen molar-refractivity contribution in [1.29, 1.82) is 0 Å². The SMILES string of the molecule is C[C@@H](NCCn1cnc2ccccc21)c1ccc(S(=O)(=O)N(C)C)cc1. The Balaban J connectivity index is 1.61. The van der Waals surface area contributed by atoms with E-state index in [1.807, 2.05) is 36.7 Å². The highest BCUT2D eigenvalue weighted by Crippen LogP contribution is 2.18. The molecule has 26 heavy (non-hydrogen) atoms. The minimum absolute atomic E-state index is 0.126. The summed E-state index contributed by atoms with van der Waals surface area (Å²) in [5.41, 5.74) is 3.18. The lowest BCUT2D eigenvalue weighted by Crippen LogP contribution is -2.24. The number of nitrogens with one attached hydrogen (secondary N) is 1. The van der Waals surface area contributed by atoms with Gasteiger partial charge in [0.15, 0.2) is 0 Å². The predicted octanol–water partition coefficient (Wildman–Crippen LogP) is 2.64. The Kier molecular flexibility index (Phi) is 5.41. The quantitative estimate of drug-likeness (QED) is 0.692. The number of sulfonamides is 1. The third-order valence-electron chi connectivity index (χ3n) is 4.49. The van der Waals surface area contributed by atoms with Crippen LogP contribution in [0.2, 0.25) is 0 Å². The summed E-state index contributed by atoms with van der Waals surface area (Å²) in [5.74, 6) is 0. The third kappa shape index (κ3) is 3.80. The molecule has 0 bridgehead atoms. The molecule has 3 rings (SSSR count). The van der Waals surface area contributed by atoms with Gasteiger partial charge in [-0.15, -0.1) is 0 Å². The topological polar surface area (TPSA) is 67.2 Å². The van der Waals surface area contributed by atoms with Gasteiger partial charge in [-0.2, -0.15) is 0 Å². The highest BCUT2D eigenvalue weighted by Gasteiger charge is 2.17. The molecule has 1 N–H and O–H groups in total. The van der Waals surface area contributed by atoms with Crippen molar-refractivity contribution in [3.05, 3.63) is 60.4 Å². The van der Waals surface area contributed by atoms with Gasteiger partial charge in [0.1, 0.15) is 0 Å². The molecule has 138 valence electrons. The van der Waals surface area contributed by atoms with Crippen LogP contribution in [0.25, 0.3) is 11.0 Å². The first-order valence-electron chi connectivity index (χ1n) is 8.55. The molecule has 1 aromatic heterocycles. The fraction of sp³-hybridized carbons (Fsp3) is 0.316. The fourth-order valence-electron chi connectivity index (χ4n) is 2.85. The highest BCUT2D eigenvalue weighted by molar-refractivity contribution is 7.89. The Bertz CT molecular complexity index is 978. The number of rotatable bonds is 7. The molecule has 0 unspecified atom stereocenters. The van der Waals surface area contributed by atoms with Gasteiger partial charge in [-0.1, -0.05) is 24.3 Å². The first kappa shape index (κ1) is 18.6. The molecule has 1 atom stereocenters. The van der Waals surface area contributed by atoms with E-state index in [0.717, 1.165) is 29.7 Å². The van der Waals surface area contributed by atoms with Crippen molar-refractivity contribution >= 4 is 21.1 Å². The molecule has 0 saturated carbocycles. The molecule has 0 fully saturated rings. The van der Waals surface area contributed by atoms with Crippen molar-refractivity contribution in [3.63, 3.8) is 0 Å². The predicted molar refractivity (Wildman–Crippen MR) is 103 cm³/mol. The number of nitrogens with zero attached hydrogens (tertiary/aromatic N) is 3. The summed E-state index contributed by atoms with van der Waals surface area (Å²) in [5, 5.41) is 3.47. The Hall–Kier alpha value is -2.22. The van der Waals surface area contributed by atoms with Gasteiger partial charge in [0.05, 0.1) is 22.3 Å². The average molecular weight is 372 g/mol. The van der Waals surface area contributed by atoms with Gasteiger partial charge in [-0.3, -0.25) is 0 Å². The van der Waals surface area contributed by atoms with E-state index in [2.05, 4.69) is 27.9 Å². The van der Waals surface area contributed by atoms with Crippen LogP contribution in [-0.4, -0.2) is 42.9 Å². The minimum Gasteiger partial charge on any atom is -0.329 e. The second-order valence-electron chi connectivity index (χ2n) is 6.46. The van der Waals surface area contributed by atoms with E-state index in [9.17, 15) is 8.42 Å². The van der Waals surface area contributed by atoms with Crippen molar-refractivity contribution in [2.24, 2.45) is 0 Å². The van der Waals surface area contributed by atoms with Crippen LogP contribution in [0, 0.1) is 0 Å². The van der Waals surface area contributed by atoms with E-state index < -0.39 is 10.0 Å². The largest absolute Gasteiger partial charge is 0.329 e. The van der Waals surface area contributed by atoms with Crippen LogP contribution in [0.5, 0.6) is 0 Å². The van der Waals surface area contributed by atoms with Crippen molar-refractivity contribution in [1.82, 2.24) is 19.2 Å². The second-order valence-corrected chi connectivity index (χ2v) is 8.61. The van der Waals surface area contributed by atoms with Crippen LogP contribution in [0.3, 0.4) is 0 Å². The Morgan fingerprint density at radius 3 is 2.50 bits per heavy atom. The Labute approximate surface area is 154 Å². The third-order valence-corrected chi connectivity index (χ3v) is 6.32. The van der Waals surface area contributed by atoms with Gasteiger partial charge in [-0.25, -0.2) is 17.7 Å². The van der Waals surface area contributed by atoms with Crippen LogP contribution < -0.4 is 5.32 Å². The number of aromatic nitrogens is 2. The van der Waals surface area contributed by atoms with Crippen LogP contribution >= 0.6 is 0 Å². The maximum absolute atomic E-state index is 12.1. The summed E-state index contributed by atoms with van der Waals surface area (Å²) >= 11 is 0. The lowest BCUT2D eigenvalue weighted by Gasteiger charge is -2.16. The zero-order chi connectivity index (χ0) is 18.7. The van der Waals surface area contributed by atoms with Crippen LogP contribution in [0.15, 0.2) is 59.8 Å². The van der Waals surface area contributed by atoms with Gasteiger partial charge < -0.3 is 9.88 Å². The van der Waals surface area contributed by atoms with E-state index in [1.54, 1.807) is 12.1 Å². The van der Waals surface area contributed by atoms with Crippen molar-refractivity contribution < 1.29 is 8.42 Å². The number of imidazole rings is 1. The Morgan fingerprint density at radius 1 is 1.12 bits per heavy atom. The summed E-state index contributed by atoms with van der Waals surface area (Å²) in [6.45, 7) is 3.68. The fourth-order valence-corrected chi connectivity index (χ4v) is 3.75. The lowest BCUT2D eigenvalue weighted by molar-refractivity contribution is 0.520. The molecule has 2 aromatic carbocycles. The maximum Gasteiger partial charge on any atom is 0.242 e. The monoisotopic (exact) mass is 372 g/mol. The summed E-state index contributed by atoms with van der Waals surface area (Å²) in [6, 6.07) is 15.2. The van der Waals surface area contributed by atoms with E-state index >= 15 is 0 Å².